The third kappa shape index (κ3) is 3.85. The monoisotopic (exact) mass is 446 g/mol. The second-order valence-electron chi connectivity index (χ2n) is 7.59. The van der Waals surface area contributed by atoms with E-state index in [2.05, 4.69) is 15.4 Å². The molecule has 1 unspecified atom stereocenters. The number of nitrogens with zero attached hydrogens (tertiary/aromatic N) is 4. The minimum absolute atomic E-state index is 0.138. The lowest BCUT2D eigenvalue weighted by molar-refractivity contribution is -0.120. The first-order valence-electron chi connectivity index (χ1n) is 9.98. The molecular weight excluding hydrogens is 424 g/mol. The van der Waals surface area contributed by atoms with Crippen molar-refractivity contribution in [3.63, 3.8) is 0 Å². The van der Waals surface area contributed by atoms with Gasteiger partial charge in [0.1, 0.15) is 11.9 Å². The molecule has 2 fully saturated rings. The zero-order valence-corrected chi connectivity index (χ0v) is 17.8. The van der Waals surface area contributed by atoms with Gasteiger partial charge >= 0.3 is 0 Å². The standard InChI is InChI=1S/C19H22N6O3S2/c20-17-14-11-13(25-27-30-28-25)6-7-15(14)23-24(17)16(10-12-4-2-1-3-5-12)18(26)22-19-21-8-9-29-19/h6-9,11-12,16H,1-5,10,20H2,(H,21,22,26). The van der Waals surface area contributed by atoms with Crippen molar-refractivity contribution in [1.82, 2.24) is 14.8 Å². The molecule has 3 N–H and O–H groups in total. The Morgan fingerprint density at radius 3 is 2.83 bits per heavy atom. The molecule has 158 valence electrons. The number of hydrogen-bond donors (Lipinski definition) is 2. The van der Waals surface area contributed by atoms with Gasteiger partial charge < -0.3 is 11.1 Å². The van der Waals surface area contributed by atoms with Gasteiger partial charge in [-0.1, -0.05) is 37.3 Å². The number of anilines is 3. The number of carbonyl (C=O) groups is 1. The minimum atomic E-state index is -0.500. The molecule has 3 heterocycles. The molecule has 9 nitrogen and oxygen atoms in total. The second kappa shape index (κ2) is 8.42. The number of nitrogens with two attached hydrogens (primary N) is 1. The molecule has 1 amide bonds. The van der Waals surface area contributed by atoms with Crippen LogP contribution in [-0.2, 0) is 13.4 Å². The lowest BCUT2D eigenvalue weighted by atomic mass is 9.84. The number of carbonyl (C=O) groups excluding carboxylic acids is 1. The molecule has 2 aromatic heterocycles. The summed E-state index contributed by atoms with van der Waals surface area (Å²) in [7, 11) is 0. The predicted molar refractivity (Wildman–Crippen MR) is 117 cm³/mol. The predicted octanol–water partition coefficient (Wildman–Crippen LogP) is 4.47. The van der Waals surface area contributed by atoms with E-state index in [0.717, 1.165) is 36.1 Å². The molecule has 3 aromatic rings. The van der Waals surface area contributed by atoms with E-state index in [1.807, 2.05) is 23.6 Å². The molecule has 1 atom stereocenters. The molecule has 1 aliphatic heterocycles. The topological polar surface area (TPSA) is 108 Å². The maximum absolute atomic E-state index is 13.2. The first-order chi connectivity index (χ1) is 14.7. The molecule has 1 saturated carbocycles. The fraction of sp³-hybridized carbons (Fsp3) is 0.421. The molecular formula is C19H22N6O3S2. The Hall–Kier alpha value is -2.34. The van der Waals surface area contributed by atoms with Crippen molar-refractivity contribution in [3.05, 3.63) is 29.8 Å². The summed E-state index contributed by atoms with van der Waals surface area (Å²) in [6, 6.07) is 5.04. The summed E-state index contributed by atoms with van der Waals surface area (Å²) in [5.74, 6) is 0.796. The van der Waals surface area contributed by atoms with Crippen LogP contribution in [0, 0.1) is 5.92 Å². The zero-order valence-electron chi connectivity index (χ0n) is 16.2. The van der Waals surface area contributed by atoms with Crippen molar-refractivity contribution in [1.29, 1.82) is 0 Å². The average Bonchev–Trinajstić information content (AvgIpc) is 3.34. The van der Waals surface area contributed by atoms with E-state index in [0.29, 0.717) is 29.0 Å². The van der Waals surface area contributed by atoms with Gasteiger partial charge in [0.2, 0.25) is 12.3 Å². The van der Waals surface area contributed by atoms with E-state index in [4.69, 9.17) is 14.3 Å². The van der Waals surface area contributed by atoms with Crippen molar-refractivity contribution >= 4 is 57.1 Å². The van der Waals surface area contributed by atoms with Gasteiger partial charge in [-0.15, -0.1) is 19.9 Å². The van der Waals surface area contributed by atoms with E-state index >= 15 is 0 Å². The Morgan fingerprint density at radius 1 is 1.30 bits per heavy atom. The molecule has 0 bridgehead atoms. The molecule has 1 aromatic carbocycles. The van der Waals surface area contributed by atoms with Crippen molar-refractivity contribution < 1.29 is 13.4 Å². The van der Waals surface area contributed by atoms with E-state index < -0.39 is 6.04 Å². The van der Waals surface area contributed by atoms with Gasteiger partial charge in [0.15, 0.2) is 5.13 Å². The second-order valence-corrected chi connectivity index (χ2v) is 8.92. The quantitative estimate of drug-likeness (QED) is 0.534. The highest BCUT2D eigenvalue weighted by atomic mass is 32.2. The third-order valence-electron chi connectivity index (χ3n) is 5.67. The van der Waals surface area contributed by atoms with Gasteiger partial charge in [0, 0.05) is 17.0 Å². The van der Waals surface area contributed by atoms with Gasteiger partial charge in [0.25, 0.3) is 5.91 Å². The maximum atomic E-state index is 13.2. The fourth-order valence-electron chi connectivity index (χ4n) is 4.14. The van der Waals surface area contributed by atoms with Crippen LogP contribution in [0.4, 0.5) is 16.6 Å². The summed E-state index contributed by atoms with van der Waals surface area (Å²) in [4.78, 5) is 17.4. The van der Waals surface area contributed by atoms with Crippen LogP contribution < -0.4 is 16.3 Å². The summed E-state index contributed by atoms with van der Waals surface area (Å²) in [5, 5.41) is 12.1. The number of nitrogen functional groups attached to an aromatic ring is 1. The smallest absolute Gasteiger partial charge is 0.251 e. The number of fused-ring (bicyclic) bond motifs is 1. The molecule has 1 aliphatic carbocycles. The lowest BCUT2D eigenvalue weighted by Gasteiger charge is -2.26. The van der Waals surface area contributed by atoms with Gasteiger partial charge in [-0.2, -0.15) is 5.10 Å². The average molecular weight is 447 g/mol. The summed E-state index contributed by atoms with van der Waals surface area (Å²) in [6.45, 7) is 0. The van der Waals surface area contributed by atoms with Crippen LogP contribution in [0.3, 0.4) is 0 Å². The van der Waals surface area contributed by atoms with Crippen LogP contribution in [-0.4, -0.2) is 20.7 Å². The summed E-state index contributed by atoms with van der Waals surface area (Å²) in [5.41, 5.74) is 7.92. The Labute approximate surface area is 181 Å². The van der Waals surface area contributed by atoms with Gasteiger partial charge in [0.05, 0.1) is 11.2 Å². The van der Waals surface area contributed by atoms with E-state index in [1.165, 1.54) is 35.8 Å². The van der Waals surface area contributed by atoms with Crippen molar-refractivity contribution in [3.8, 4) is 0 Å². The van der Waals surface area contributed by atoms with E-state index in [-0.39, 0.29) is 5.91 Å². The number of aromatic nitrogens is 3. The maximum Gasteiger partial charge on any atom is 0.251 e. The molecule has 5 rings (SSSR count). The highest BCUT2D eigenvalue weighted by Crippen LogP contribution is 2.37. The minimum Gasteiger partial charge on any atom is -0.383 e. The highest BCUT2D eigenvalue weighted by Gasteiger charge is 2.30. The first kappa shape index (κ1) is 19.6. The fourth-order valence-corrected chi connectivity index (χ4v) is 4.96. The summed E-state index contributed by atoms with van der Waals surface area (Å²) in [6.07, 6.45) is 8.32. The van der Waals surface area contributed by atoms with E-state index in [1.54, 1.807) is 10.9 Å². The van der Waals surface area contributed by atoms with Crippen LogP contribution in [0.2, 0.25) is 0 Å². The van der Waals surface area contributed by atoms with Crippen LogP contribution in [0.25, 0.3) is 10.9 Å². The molecule has 2 aliphatic rings. The molecule has 0 spiro atoms. The highest BCUT2D eigenvalue weighted by molar-refractivity contribution is 7.90. The SMILES string of the molecule is Nc1c2cc(N3OSO3)ccc2nn1C(CC1CCCCC1)C(=O)Nc1nccs1. The number of nitrogens with one attached hydrogen (secondary N) is 1. The lowest BCUT2D eigenvalue weighted by Crippen LogP contribution is -2.30. The van der Waals surface area contributed by atoms with Gasteiger partial charge in [-0.25, -0.2) is 9.67 Å². The van der Waals surface area contributed by atoms with Crippen molar-refractivity contribution in [2.45, 2.75) is 44.6 Å². The van der Waals surface area contributed by atoms with Gasteiger partial charge in [-0.05, 0) is 30.5 Å². The Bertz CT molecular complexity index is 1030. The first-order valence-corrected chi connectivity index (χ1v) is 11.5. The number of thiazole rings is 1. The van der Waals surface area contributed by atoms with Crippen LogP contribution in [0.5, 0.6) is 0 Å². The Morgan fingerprint density at radius 2 is 2.13 bits per heavy atom. The normalized spacial score (nSPS) is 18.3. The Balaban J connectivity index is 1.47. The summed E-state index contributed by atoms with van der Waals surface area (Å²) >= 11 is 2.29. The molecule has 0 radical (unpaired) electrons. The van der Waals surface area contributed by atoms with Crippen LogP contribution in [0.1, 0.15) is 44.6 Å². The third-order valence-corrected chi connectivity index (χ3v) is 6.75. The molecule has 1 saturated heterocycles. The number of hydrogen-bond acceptors (Lipinski definition) is 9. The number of amides is 1. The largest absolute Gasteiger partial charge is 0.383 e. The summed E-state index contributed by atoms with van der Waals surface area (Å²) < 4.78 is 12.0. The molecule has 11 heteroatoms. The van der Waals surface area contributed by atoms with E-state index in [9.17, 15) is 4.79 Å². The number of rotatable bonds is 6. The molecule has 30 heavy (non-hydrogen) atoms. The van der Waals surface area contributed by atoms with Crippen molar-refractivity contribution in [2.75, 3.05) is 16.3 Å². The van der Waals surface area contributed by atoms with Crippen LogP contribution >= 0.6 is 23.7 Å². The number of benzene rings is 1. The van der Waals surface area contributed by atoms with Crippen molar-refractivity contribution in [2.24, 2.45) is 5.92 Å². The Kier molecular flexibility index (Phi) is 5.50. The van der Waals surface area contributed by atoms with Crippen LogP contribution in [0.15, 0.2) is 29.8 Å². The van der Waals surface area contributed by atoms with Gasteiger partial charge in [-0.3, -0.25) is 4.79 Å². The zero-order chi connectivity index (χ0) is 20.5.